The Labute approximate surface area is 92.1 Å². The van der Waals surface area contributed by atoms with Crippen molar-refractivity contribution in [1.82, 2.24) is 9.88 Å². The van der Waals surface area contributed by atoms with Crippen molar-refractivity contribution in [3.8, 4) is 0 Å². The van der Waals surface area contributed by atoms with Crippen LogP contribution in [0.2, 0.25) is 0 Å². The van der Waals surface area contributed by atoms with Crippen molar-refractivity contribution in [2.24, 2.45) is 0 Å². The number of halogens is 3. The van der Waals surface area contributed by atoms with Crippen LogP contribution >= 0.6 is 0 Å². The molecule has 1 fully saturated rings. The Kier molecular flexibility index (Phi) is 2.88. The summed E-state index contributed by atoms with van der Waals surface area (Å²) in [5.41, 5.74) is -0.00674. The number of alkyl halides is 3. The SMILES string of the molecule is CN(Cc1ccc(C(F)(F)F)cn1)C1CC1. The van der Waals surface area contributed by atoms with Gasteiger partial charge in [0.1, 0.15) is 0 Å². The lowest BCUT2D eigenvalue weighted by Gasteiger charge is -2.15. The van der Waals surface area contributed by atoms with E-state index in [-0.39, 0.29) is 0 Å². The van der Waals surface area contributed by atoms with Crippen molar-refractivity contribution in [3.05, 3.63) is 29.6 Å². The molecule has 1 aliphatic carbocycles. The van der Waals surface area contributed by atoms with Crippen LogP contribution in [0.15, 0.2) is 18.3 Å². The van der Waals surface area contributed by atoms with E-state index >= 15 is 0 Å². The fourth-order valence-corrected chi connectivity index (χ4v) is 1.59. The van der Waals surface area contributed by atoms with Crippen LogP contribution in [0, 0.1) is 0 Å². The summed E-state index contributed by atoms with van der Waals surface area (Å²) in [5.74, 6) is 0. The number of nitrogens with zero attached hydrogens (tertiary/aromatic N) is 2. The molecule has 2 rings (SSSR count). The zero-order valence-electron chi connectivity index (χ0n) is 8.96. The van der Waals surface area contributed by atoms with Crippen LogP contribution in [0.4, 0.5) is 13.2 Å². The fourth-order valence-electron chi connectivity index (χ4n) is 1.59. The molecule has 1 aromatic rings. The predicted octanol–water partition coefficient (Wildman–Crippen LogP) is 2.69. The Hall–Kier alpha value is -1.10. The van der Waals surface area contributed by atoms with E-state index in [1.54, 1.807) is 0 Å². The second-order valence-corrected chi connectivity index (χ2v) is 4.18. The van der Waals surface area contributed by atoms with Crippen LogP contribution in [0.3, 0.4) is 0 Å². The van der Waals surface area contributed by atoms with Crippen molar-refractivity contribution in [3.63, 3.8) is 0 Å². The molecule has 0 radical (unpaired) electrons. The van der Waals surface area contributed by atoms with Crippen molar-refractivity contribution >= 4 is 0 Å². The summed E-state index contributed by atoms with van der Waals surface area (Å²) < 4.78 is 36.8. The van der Waals surface area contributed by atoms with Crippen LogP contribution in [0.25, 0.3) is 0 Å². The topological polar surface area (TPSA) is 16.1 Å². The van der Waals surface area contributed by atoms with Gasteiger partial charge in [-0.2, -0.15) is 13.2 Å². The number of hydrogen-bond donors (Lipinski definition) is 0. The molecule has 2 nitrogen and oxygen atoms in total. The maximum absolute atomic E-state index is 12.3. The molecule has 0 atom stereocenters. The van der Waals surface area contributed by atoms with Crippen molar-refractivity contribution < 1.29 is 13.2 Å². The van der Waals surface area contributed by atoms with E-state index in [0.29, 0.717) is 18.3 Å². The van der Waals surface area contributed by atoms with E-state index in [1.807, 2.05) is 7.05 Å². The van der Waals surface area contributed by atoms with Crippen LogP contribution in [-0.4, -0.2) is 23.0 Å². The molecule has 1 saturated carbocycles. The number of pyridine rings is 1. The van der Waals surface area contributed by atoms with E-state index in [2.05, 4.69) is 9.88 Å². The minimum absolute atomic E-state index is 0.587. The summed E-state index contributed by atoms with van der Waals surface area (Å²) in [6.07, 6.45) is -1.04. The molecule has 88 valence electrons. The first-order valence-corrected chi connectivity index (χ1v) is 5.19. The fraction of sp³-hybridized carbons (Fsp3) is 0.545. The highest BCUT2D eigenvalue weighted by Crippen LogP contribution is 2.29. The Morgan fingerprint density at radius 3 is 2.50 bits per heavy atom. The Bertz CT molecular complexity index is 354. The number of aromatic nitrogens is 1. The normalized spacial score (nSPS) is 16.8. The molecule has 0 N–H and O–H groups in total. The third-order valence-corrected chi connectivity index (χ3v) is 2.73. The molecular weight excluding hydrogens is 217 g/mol. The molecule has 1 aromatic heterocycles. The van der Waals surface area contributed by atoms with Gasteiger partial charge in [-0.1, -0.05) is 0 Å². The van der Waals surface area contributed by atoms with Gasteiger partial charge in [-0.3, -0.25) is 9.88 Å². The third-order valence-electron chi connectivity index (χ3n) is 2.73. The zero-order valence-corrected chi connectivity index (χ0v) is 8.96. The minimum atomic E-state index is -4.30. The molecule has 1 aliphatic rings. The quantitative estimate of drug-likeness (QED) is 0.793. The standard InChI is InChI=1S/C11H13F3N2/c1-16(10-4-5-10)7-9-3-2-8(6-15-9)11(12,13)14/h2-3,6,10H,4-5,7H2,1H3. The van der Waals surface area contributed by atoms with Crippen LogP contribution in [0.5, 0.6) is 0 Å². The van der Waals surface area contributed by atoms with Crippen molar-refractivity contribution in [2.75, 3.05) is 7.05 Å². The first kappa shape index (κ1) is 11.4. The molecule has 0 amide bonds. The molecule has 0 saturated heterocycles. The van der Waals surface area contributed by atoms with Gasteiger partial charge in [0.15, 0.2) is 0 Å². The molecule has 0 unspecified atom stereocenters. The summed E-state index contributed by atoms with van der Waals surface area (Å²) in [5, 5.41) is 0. The predicted molar refractivity (Wildman–Crippen MR) is 53.7 cm³/mol. The highest BCUT2D eigenvalue weighted by molar-refractivity contribution is 5.17. The highest BCUT2D eigenvalue weighted by Gasteiger charge is 2.31. The average molecular weight is 230 g/mol. The maximum atomic E-state index is 12.3. The van der Waals surface area contributed by atoms with E-state index in [0.717, 1.165) is 12.3 Å². The van der Waals surface area contributed by atoms with E-state index in [9.17, 15) is 13.2 Å². The number of hydrogen-bond acceptors (Lipinski definition) is 2. The van der Waals surface area contributed by atoms with Gasteiger partial charge < -0.3 is 0 Å². The third kappa shape index (κ3) is 2.72. The Morgan fingerprint density at radius 1 is 1.38 bits per heavy atom. The van der Waals surface area contributed by atoms with Crippen molar-refractivity contribution in [2.45, 2.75) is 31.6 Å². The second kappa shape index (κ2) is 4.05. The molecular formula is C11H13F3N2. The zero-order chi connectivity index (χ0) is 11.8. The lowest BCUT2D eigenvalue weighted by molar-refractivity contribution is -0.137. The molecule has 0 spiro atoms. The van der Waals surface area contributed by atoms with Gasteiger partial charge in [-0.15, -0.1) is 0 Å². The van der Waals surface area contributed by atoms with Crippen LogP contribution in [-0.2, 0) is 12.7 Å². The molecule has 0 aliphatic heterocycles. The van der Waals surface area contributed by atoms with Gasteiger partial charge in [-0.25, -0.2) is 0 Å². The van der Waals surface area contributed by atoms with E-state index in [4.69, 9.17) is 0 Å². The van der Waals surface area contributed by atoms with E-state index < -0.39 is 11.7 Å². The minimum Gasteiger partial charge on any atom is -0.298 e. The smallest absolute Gasteiger partial charge is 0.298 e. The van der Waals surface area contributed by atoms with Crippen LogP contribution in [0.1, 0.15) is 24.1 Å². The summed E-state index contributed by atoms with van der Waals surface area (Å²) in [4.78, 5) is 5.95. The molecule has 5 heteroatoms. The summed E-state index contributed by atoms with van der Waals surface area (Å²) in [7, 11) is 1.97. The summed E-state index contributed by atoms with van der Waals surface area (Å²) in [6.45, 7) is 0.614. The number of rotatable bonds is 3. The first-order chi connectivity index (χ1) is 7.47. The van der Waals surface area contributed by atoms with Crippen molar-refractivity contribution in [1.29, 1.82) is 0 Å². The molecule has 0 bridgehead atoms. The average Bonchev–Trinajstić information content (AvgIpc) is 3.00. The largest absolute Gasteiger partial charge is 0.417 e. The van der Waals surface area contributed by atoms with Gasteiger partial charge in [0.05, 0.1) is 11.3 Å². The van der Waals surface area contributed by atoms with Crippen LogP contribution < -0.4 is 0 Å². The molecule has 0 aromatic carbocycles. The summed E-state index contributed by atoms with van der Waals surface area (Å²) in [6, 6.07) is 3.12. The lowest BCUT2D eigenvalue weighted by atomic mass is 10.2. The van der Waals surface area contributed by atoms with Gasteiger partial charge >= 0.3 is 6.18 Å². The van der Waals surface area contributed by atoms with Gasteiger partial charge in [-0.05, 0) is 32.0 Å². The Morgan fingerprint density at radius 2 is 2.06 bits per heavy atom. The van der Waals surface area contributed by atoms with Gasteiger partial charge in [0.2, 0.25) is 0 Å². The van der Waals surface area contributed by atoms with Gasteiger partial charge in [0, 0.05) is 18.8 Å². The highest BCUT2D eigenvalue weighted by atomic mass is 19.4. The molecule has 16 heavy (non-hydrogen) atoms. The molecule has 1 heterocycles. The maximum Gasteiger partial charge on any atom is 0.417 e. The van der Waals surface area contributed by atoms with Gasteiger partial charge in [0.25, 0.3) is 0 Å². The monoisotopic (exact) mass is 230 g/mol. The Balaban J connectivity index is 2.01. The lowest BCUT2D eigenvalue weighted by Crippen LogP contribution is -2.20. The second-order valence-electron chi connectivity index (χ2n) is 4.18. The van der Waals surface area contributed by atoms with E-state index in [1.165, 1.54) is 18.9 Å². The first-order valence-electron chi connectivity index (χ1n) is 5.19. The summed E-state index contributed by atoms with van der Waals surface area (Å²) >= 11 is 0.